The Bertz CT molecular complexity index is 1530. The highest BCUT2D eigenvalue weighted by molar-refractivity contribution is 5.71. The lowest BCUT2D eigenvalue weighted by Crippen LogP contribution is -2.30. The molecule has 0 aliphatic heterocycles. The minimum absolute atomic E-state index is 0.0347. The van der Waals surface area contributed by atoms with Crippen molar-refractivity contribution in [2.75, 3.05) is 10.2 Å². The number of benzene rings is 4. The van der Waals surface area contributed by atoms with Gasteiger partial charge in [-0.05, 0) is 112 Å². The van der Waals surface area contributed by atoms with Crippen LogP contribution in [0.4, 0.5) is 22.7 Å². The average Bonchev–Trinajstić information content (AvgIpc) is 3.02. The maximum absolute atomic E-state index is 4.16. The quantitative estimate of drug-likeness (QED) is 0.208. The molecular weight excluding hydrogens is 508 g/mol. The smallest absolute Gasteiger partial charge is 0.0461 e. The lowest BCUT2D eigenvalue weighted by molar-refractivity contribution is 0.346. The Hall–Kier alpha value is -4.30. The van der Waals surface area contributed by atoms with Gasteiger partial charge in [0.2, 0.25) is 0 Å². The number of nitrogens with zero attached hydrogens (tertiary/aromatic N) is 1. The maximum Gasteiger partial charge on any atom is 0.0461 e. The van der Waals surface area contributed by atoms with Gasteiger partial charge in [-0.15, -0.1) is 0 Å². The monoisotopic (exact) mass is 552 g/mol. The number of hydrogen-bond donors (Lipinski definition) is 1. The van der Waals surface area contributed by atoms with E-state index in [0.29, 0.717) is 0 Å². The average molecular weight is 553 g/mol. The standard InChI is InChI=1S/C40H44N2/c1-6-37(23-10-30(2)3)42(38-24-13-32(5)14-25-38)39-26-17-34(18-27-39)40(28-8-7-9-29-40)33-15-21-36(22-16-33)41-35-19-11-31(4)12-20-35/h6,10-27,41H,1,7-9,28-29H2,2-5H3/b37-23+. The Labute approximate surface area is 253 Å². The van der Waals surface area contributed by atoms with E-state index in [1.807, 2.05) is 6.08 Å². The van der Waals surface area contributed by atoms with Crippen molar-refractivity contribution >= 4 is 22.7 Å². The largest absolute Gasteiger partial charge is 0.356 e. The Morgan fingerprint density at radius 2 is 1.10 bits per heavy atom. The molecule has 1 aliphatic rings. The van der Waals surface area contributed by atoms with Crippen molar-refractivity contribution in [2.45, 2.75) is 65.2 Å². The predicted octanol–water partition coefficient (Wildman–Crippen LogP) is 11.5. The van der Waals surface area contributed by atoms with E-state index < -0.39 is 0 Å². The number of allylic oxidation sites excluding steroid dienone is 4. The van der Waals surface area contributed by atoms with Crippen LogP contribution in [0.15, 0.2) is 133 Å². The Morgan fingerprint density at radius 3 is 1.60 bits per heavy atom. The van der Waals surface area contributed by atoms with Gasteiger partial charge in [0.05, 0.1) is 0 Å². The topological polar surface area (TPSA) is 15.3 Å². The summed E-state index contributed by atoms with van der Waals surface area (Å²) >= 11 is 0. The summed E-state index contributed by atoms with van der Waals surface area (Å²) in [4.78, 5) is 2.30. The van der Waals surface area contributed by atoms with Crippen molar-refractivity contribution in [3.8, 4) is 0 Å². The van der Waals surface area contributed by atoms with Gasteiger partial charge in [-0.3, -0.25) is 0 Å². The summed E-state index contributed by atoms with van der Waals surface area (Å²) in [7, 11) is 0. The molecule has 0 radical (unpaired) electrons. The first-order valence-electron chi connectivity index (χ1n) is 15.3. The summed E-state index contributed by atoms with van der Waals surface area (Å²) in [6, 6.07) is 35.8. The summed E-state index contributed by atoms with van der Waals surface area (Å²) in [5.74, 6) is 0. The molecule has 1 N–H and O–H groups in total. The van der Waals surface area contributed by atoms with Crippen molar-refractivity contribution in [2.24, 2.45) is 0 Å². The summed E-state index contributed by atoms with van der Waals surface area (Å²) < 4.78 is 0. The molecule has 0 aromatic heterocycles. The Balaban J connectivity index is 1.48. The molecule has 0 heterocycles. The molecular formula is C40H44N2. The third kappa shape index (κ3) is 6.60. The lowest BCUT2D eigenvalue weighted by atomic mass is 9.65. The zero-order valence-electron chi connectivity index (χ0n) is 25.7. The fourth-order valence-corrected chi connectivity index (χ4v) is 6.13. The van der Waals surface area contributed by atoms with Crippen molar-refractivity contribution in [1.29, 1.82) is 0 Å². The van der Waals surface area contributed by atoms with Crippen molar-refractivity contribution in [3.05, 3.63) is 155 Å². The summed E-state index contributed by atoms with van der Waals surface area (Å²) in [6.45, 7) is 12.7. The van der Waals surface area contributed by atoms with Crippen molar-refractivity contribution in [1.82, 2.24) is 0 Å². The maximum atomic E-state index is 4.16. The molecule has 0 amide bonds. The fourth-order valence-electron chi connectivity index (χ4n) is 6.13. The van der Waals surface area contributed by atoms with Crippen LogP contribution >= 0.6 is 0 Å². The van der Waals surface area contributed by atoms with Gasteiger partial charge in [0.1, 0.15) is 0 Å². The van der Waals surface area contributed by atoms with Crippen LogP contribution in [-0.2, 0) is 5.41 Å². The van der Waals surface area contributed by atoms with Gasteiger partial charge in [0.25, 0.3) is 0 Å². The van der Waals surface area contributed by atoms with E-state index in [1.165, 1.54) is 59.9 Å². The second-order valence-electron chi connectivity index (χ2n) is 12.0. The molecule has 1 fully saturated rings. The SMILES string of the molecule is C=C/C(=C\C=C(C)C)N(c1ccc(C)cc1)c1ccc(C2(c3ccc(Nc4ccc(C)cc4)cc3)CCCCC2)cc1. The second-order valence-corrected chi connectivity index (χ2v) is 12.0. The molecule has 1 aliphatic carbocycles. The molecule has 214 valence electrons. The molecule has 0 bridgehead atoms. The van der Waals surface area contributed by atoms with Gasteiger partial charge in [-0.25, -0.2) is 0 Å². The van der Waals surface area contributed by atoms with Crippen molar-refractivity contribution in [3.63, 3.8) is 0 Å². The van der Waals surface area contributed by atoms with Crippen LogP contribution in [-0.4, -0.2) is 0 Å². The van der Waals surface area contributed by atoms with E-state index in [0.717, 1.165) is 28.4 Å². The highest BCUT2D eigenvalue weighted by Crippen LogP contribution is 2.46. The minimum Gasteiger partial charge on any atom is -0.356 e. The molecule has 4 aromatic rings. The van der Waals surface area contributed by atoms with E-state index in [4.69, 9.17) is 0 Å². The first-order valence-corrected chi connectivity index (χ1v) is 15.3. The molecule has 0 unspecified atom stereocenters. The fraction of sp³-hybridized carbons (Fsp3) is 0.250. The van der Waals surface area contributed by atoms with E-state index in [1.54, 1.807) is 0 Å². The molecule has 5 rings (SSSR count). The van der Waals surface area contributed by atoms with E-state index in [2.05, 4.69) is 154 Å². The number of aryl methyl sites for hydroxylation is 2. The highest BCUT2D eigenvalue weighted by atomic mass is 15.1. The zero-order valence-corrected chi connectivity index (χ0v) is 25.7. The first kappa shape index (κ1) is 29.2. The number of nitrogens with one attached hydrogen (secondary N) is 1. The summed E-state index contributed by atoms with van der Waals surface area (Å²) in [5, 5.41) is 3.56. The molecule has 0 spiro atoms. The van der Waals surface area contributed by atoms with Crippen LogP contribution in [0, 0.1) is 13.8 Å². The van der Waals surface area contributed by atoms with Gasteiger partial charge in [-0.2, -0.15) is 0 Å². The van der Waals surface area contributed by atoms with Crippen LogP contribution < -0.4 is 10.2 Å². The lowest BCUT2D eigenvalue weighted by Gasteiger charge is -2.39. The Kier molecular flexibility index (Phi) is 9.12. The highest BCUT2D eigenvalue weighted by Gasteiger charge is 2.35. The third-order valence-electron chi connectivity index (χ3n) is 8.51. The normalized spacial score (nSPS) is 14.6. The van der Waals surface area contributed by atoms with Crippen LogP contribution in [0.1, 0.15) is 68.2 Å². The Morgan fingerprint density at radius 1 is 0.643 bits per heavy atom. The summed E-state index contributed by atoms with van der Waals surface area (Å²) in [5.41, 5.74) is 12.2. The molecule has 1 saturated carbocycles. The van der Waals surface area contributed by atoms with Crippen LogP contribution in [0.3, 0.4) is 0 Å². The molecule has 2 nitrogen and oxygen atoms in total. The molecule has 2 heteroatoms. The van der Waals surface area contributed by atoms with E-state index in [-0.39, 0.29) is 5.41 Å². The van der Waals surface area contributed by atoms with Crippen LogP contribution in [0.2, 0.25) is 0 Å². The van der Waals surface area contributed by atoms with Gasteiger partial charge in [-0.1, -0.05) is 97.1 Å². The summed E-state index contributed by atoms with van der Waals surface area (Å²) in [6.07, 6.45) is 12.4. The van der Waals surface area contributed by atoms with Gasteiger partial charge in [0.15, 0.2) is 0 Å². The molecule has 4 aromatic carbocycles. The van der Waals surface area contributed by atoms with Gasteiger partial charge >= 0.3 is 0 Å². The van der Waals surface area contributed by atoms with Gasteiger partial charge in [0, 0.05) is 33.9 Å². The van der Waals surface area contributed by atoms with Crippen LogP contribution in [0.5, 0.6) is 0 Å². The van der Waals surface area contributed by atoms with Gasteiger partial charge < -0.3 is 10.2 Å². The third-order valence-corrected chi connectivity index (χ3v) is 8.51. The van der Waals surface area contributed by atoms with E-state index >= 15 is 0 Å². The van der Waals surface area contributed by atoms with Crippen molar-refractivity contribution < 1.29 is 0 Å². The number of anilines is 4. The minimum atomic E-state index is 0.0347. The zero-order chi connectivity index (χ0) is 29.5. The molecule has 0 saturated heterocycles. The van der Waals surface area contributed by atoms with Crippen LogP contribution in [0.25, 0.3) is 0 Å². The molecule has 42 heavy (non-hydrogen) atoms. The second kappa shape index (κ2) is 13.1. The predicted molar refractivity (Wildman–Crippen MR) is 182 cm³/mol. The first-order chi connectivity index (χ1) is 20.4. The number of hydrogen-bond acceptors (Lipinski definition) is 2. The number of rotatable bonds is 9. The van der Waals surface area contributed by atoms with E-state index in [9.17, 15) is 0 Å². The molecule has 0 atom stereocenters.